The van der Waals surface area contributed by atoms with Crippen LogP contribution in [0.4, 0.5) is 0 Å². The maximum atomic E-state index is 13.7. The first kappa shape index (κ1) is 20.4. The van der Waals surface area contributed by atoms with E-state index in [9.17, 15) is 4.79 Å². The lowest BCUT2D eigenvalue weighted by atomic mass is 9.72. The number of hydrogen-bond acceptors (Lipinski definition) is 4. The predicted molar refractivity (Wildman–Crippen MR) is 126 cm³/mol. The number of benzene rings is 1. The Morgan fingerprint density at radius 1 is 1.38 bits per heavy atom. The van der Waals surface area contributed by atoms with Crippen molar-refractivity contribution in [3.05, 3.63) is 63.3 Å². The average Bonchev–Trinajstić information content (AvgIpc) is 3.03. The van der Waals surface area contributed by atoms with Crippen LogP contribution in [-0.4, -0.2) is 15.3 Å². The number of hydrogen-bond donors (Lipinski definition) is 0. The number of fused-ring (bicyclic) bond motifs is 3. The number of aromatic nitrogens is 2. The molecule has 0 radical (unpaired) electrons. The van der Waals surface area contributed by atoms with Gasteiger partial charge in [0.25, 0.3) is 5.56 Å². The van der Waals surface area contributed by atoms with E-state index in [1.54, 1.807) is 27.7 Å². The van der Waals surface area contributed by atoms with Gasteiger partial charge >= 0.3 is 0 Å². The van der Waals surface area contributed by atoms with E-state index in [2.05, 4.69) is 46.4 Å². The molecular weight excluding hydrogens is 396 g/mol. The highest BCUT2D eigenvalue weighted by Gasteiger charge is 2.32. The van der Waals surface area contributed by atoms with Gasteiger partial charge < -0.3 is 0 Å². The lowest BCUT2D eigenvalue weighted by Gasteiger charge is -2.33. The van der Waals surface area contributed by atoms with Crippen molar-refractivity contribution in [2.24, 2.45) is 11.3 Å². The molecular formula is C24H28N2OS2. The monoisotopic (exact) mass is 424 g/mol. The molecule has 0 spiro atoms. The van der Waals surface area contributed by atoms with Gasteiger partial charge in [-0.3, -0.25) is 9.36 Å². The van der Waals surface area contributed by atoms with Gasteiger partial charge in [-0.2, -0.15) is 0 Å². The fourth-order valence-corrected chi connectivity index (χ4v) is 6.26. The van der Waals surface area contributed by atoms with Crippen molar-refractivity contribution < 1.29 is 0 Å². The molecule has 0 N–H and O–H groups in total. The minimum Gasteiger partial charge on any atom is -0.268 e. The van der Waals surface area contributed by atoms with E-state index in [0.29, 0.717) is 5.92 Å². The highest BCUT2D eigenvalue weighted by atomic mass is 32.2. The Kier molecular flexibility index (Phi) is 5.47. The first-order valence-corrected chi connectivity index (χ1v) is 12.0. The number of aryl methyl sites for hydroxylation is 2. The molecule has 1 aromatic carbocycles. The van der Waals surface area contributed by atoms with E-state index < -0.39 is 0 Å². The second kappa shape index (κ2) is 7.77. The van der Waals surface area contributed by atoms with Gasteiger partial charge in [0.1, 0.15) is 4.83 Å². The molecule has 0 fully saturated rings. The molecule has 0 unspecified atom stereocenters. The first-order valence-electron chi connectivity index (χ1n) is 10.2. The zero-order valence-corrected chi connectivity index (χ0v) is 19.3. The van der Waals surface area contributed by atoms with Crippen LogP contribution in [0.3, 0.4) is 0 Å². The molecule has 29 heavy (non-hydrogen) atoms. The van der Waals surface area contributed by atoms with E-state index in [0.717, 1.165) is 51.6 Å². The Hall–Kier alpha value is -1.85. The molecule has 2 heterocycles. The highest BCUT2D eigenvalue weighted by Crippen LogP contribution is 2.42. The zero-order chi connectivity index (χ0) is 20.8. The molecule has 3 aromatic rings. The maximum absolute atomic E-state index is 13.7. The first-order chi connectivity index (χ1) is 13.8. The van der Waals surface area contributed by atoms with Crippen molar-refractivity contribution in [2.75, 3.05) is 5.75 Å². The van der Waals surface area contributed by atoms with Crippen LogP contribution in [0.1, 0.15) is 43.2 Å². The van der Waals surface area contributed by atoms with Gasteiger partial charge in [0.05, 0.1) is 11.1 Å². The summed E-state index contributed by atoms with van der Waals surface area (Å²) in [7, 11) is 0. The zero-order valence-electron chi connectivity index (χ0n) is 17.6. The summed E-state index contributed by atoms with van der Waals surface area (Å²) in [6.07, 6.45) is 5.02. The van der Waals surface area contributed by atoms with Crippen LogP contribution in [0.25, 0.3) is 15.9 Å². The van der Waals surface area contributed by atoms with Crippen LogP contribution in [0.15, 0.2) is 46.9 Å². The summed E-state index contributed by atoms with van der Waals surface area (Å²) in [6, 6.07) is 8.10. The van der Waals surface area contributed by atoms with Crippen LogP contribution in [0.2, 0.25) is 0 Å². The number of thiophene rings is 1. The van der Waals surface area contributed by atoms with E-state index >= 15 is 0 Å². The number of nitrogens with zero attached hydrogens (tertiary/aromatic N) is 2. The molecule has 1 atom stereocenters. The summed E-state index contributed by atoms with van der Waals surface area (Å²) >= 11 is 3.29. The molecule has 0 saturated heterocycles. The van der Waals surface area contributed by atoms with E-state index in [4.69, 9.17) is 4.98 Å². The minimum atomic E-state index is 0.0684. The third-order valence-electron chi connectivity index (χ3n) is 5.87. The molecule has 3 nitrogen and oxygen atoms in total. The van der Waals surface area contributed by atoms with Crippen LogP contribution in [0, 0.1) is 18.3 Å². The van der Waals surface area contributed by atoms with Gasteiger partial charge in [-0.1, -0.05) is 50.7 Å². The van der Waals surface area contributed by atoms with Gasteiger partial charge in [-0.25, -0.2) is 4.98 Å². The lowest BCUT2D eigenvalue weighted by Crippen LogP contribution is -2.27. The van der Waals surface area contributed by atoms with Crippen LogP contribution in [0.5, 0.6) is 0 Å². The quantitative estimate of drug-likeness (QED) is 0.285. The fraction of sp³-hybridized carbons (Fsp3) is 0.417. The Morgan fingerprint density at radius 2 is 2.17 bits per heavy atom. The molecule has 0 bridgehead atoms. The second-order valence-electron chi connectivity index (χ2n) is 8.96. The summed E-state index contributed by atoms with van der Waals surface area (Å²) in [5.74, 6) is 1.37. The number of thioether (sulfide) groups is 1. The topological polar surface area (TPSA) is 34.9 Å². The Balaban J connectivity index is 1.92. The van der Waals surface area contributed by atoms with Gasteiger partial charge in [-0.15, -0.1) is 17.9 Å². The van der Waals surface area contributed by atoms with Crippen LogP contribution >= 0.6 is 23.1 Å². The number of rotatable bonds is 4. The lowest BCUT2D eigenvalue weighted by molar-refractivity contribution is 0.218. The molecule has 0 amide bonds. The minimum absolute atomic E-state index is 0.0684. The van der Waals surface area contributed by atoms with Crippen molar-refractivity contribution in [3.63, 3.8) is 0 Å². The molecule has 5 heteroatoms. The molecule has 152 valence electrons. The molecule has 0 aliphatic heterocycles. The van der Waals surface area contributed by atoms with Gasteiger partial charge in [0.15, 0.2) is 5.16 Å². The molecule has 0 saturated carbocycles. The summed E-state index contributed by atoms with van der Waals surface area (Å²) in [4.78, 5) is 20.9. The molecule has 2 aromatic heterocycles. The average molecular weight is 425 g/mol. The van der Waals surface area contributed by atoms with Crippen molar-refractivity contribution >= 4 is 33.3 Å². The molecule has 1 aliphatic rings. The smallest absolute Gasteiger partial charge is 0.267 e. The Labute approximate surface area is 180 Å². The maximum Gasteiger partial charge on any atom is 0.267 e. The second-order valence-corrected chi connectivity index (χ2v) is 11.0. The Bertz CT molecular complexity index is 1130. The summed E-state index contributed by atoms with van der Waals surface area (Å²) in [6.45, 7) is 12.8. The Morgan fingerprint density at radius 3 is 2.86 bits per heavy atom. The predicted octanol–water partition coefficient (Wildman–Crippen LogP) is 6.18. The summed E-state index contributed by atoms with van der Waals surface area (Å²) < 4.78 is 1.80. The standard InChI is InChI=1S/C24H28N2OS2/c1-6-12-28-23-25-21-20(22(27)26(23)17-9-7-8-15(2)13-17)18-11-10-16(24(3,4)5)14-19(18)29-21/h6-9,13,16H,1,10-12,14H2,2-5H3/t16-/m1/s1. The van der Waals surface area contributed by atoms with E-state index in [1.807, 2.05) is 18.2 Å². The SMILES string of the molecule is C=CCSc1nc2sc3c(c2c(=O)n1-c1cccc(C)c1)CC[C@@H](C(C)(C)C)C3. The third kappa shape index (κ3) is 3.82. The normalized spacial score (nSPS) is 16.8. The molecule has 1 aliphatic carbocycles. The van der Waals surface area contributed by atoms with Gasteiger partial charge in [0, 0.05) is 10.6 Å². The summed E-state index contributed by atoms with van der Waals surface area (Å²) in [5.41, 5.74) is 3.62. The van der Waals surface area contributed by atoms with Crippen molar-refractivity contribution in [1.82, 2.24) is 9.55 Å². The highest BCUT2D eigenvalue weighted by molar-refractivity contribution is 7.99. The third-order valence-corrected chi connectivity index (χ3v) is 7.95. The summed E-state index contributed by atoms with van der Waals surface area (Å²) in [5, 5.41) is 1.58. The fourth-order valence-electron chi connectivity index (χ4n) is 4.17. The van der Waals surface area contributed by atoms with Crippen LogP contribution < -0.4 is 5.56 Å². The van der Waals surface area contributed by atoms with Gasteiger partial charge in [0.2, 0.25) is 0 Å². The van der Waals surface area contributed by atoms with Gasteiger partial charge in [-0.05, 0) is 60.8 Å². The van der Waals surface area contributed by atoms with Crippen molar-refractivity contribution in [3.8, 4) is 5.69 Å². The molecule has 4 rings (SSSR count). The van der Waals surface area contributed by atoms with Crippen molar-refractivity contribution in [2.45, 2.75) is 52.1 Å². The van der Waals surface area contributed by atoms with E-state index in [-0.39, 0.29) is 11.0 Å². The van der Waals surface area contributed by atoms with Crippen LogP contribution in [-0.2, 0) is 12.8 Å². The largest absolute Gasteiger partial charge is 0.268 e. The van der Waals surface area contributed by atoms with E-state index in [1.165, 1.54) is 10.4 Å². The van der Waals surface area contributed by atoms with Crippen molar-refractivity contribution in [1.29, 1.82) is 0 Å².